The van der Waals surface area contributed by atoms with Crippen LogP contribution in [-0.2, 0) is 12.3 Å². The molecular weight excluding hydrogens is 432 g/mol. The smallest absolute Gasteiger partial charge is 0.262 e. The van der Waals surface area contributed by atoms with Crippen LogP contribution in [0.2, 0.25) is 0 Å². The molecule has 0 fully saturated rings. The van der Waals surface area contributed by atoms with Crippen LogP contribution in [0.4, 0.5) is 0 Å². The highest BCUT2D eigenvalue weighted by molar-refractivity contribution is 7.98. The summed E-state index contributed by atoms with van der Waals surface area (Å²) in [6.45, 7) is 2.50. The minimum absolute atomic E-state index is 0.0123. The van der Waals surface area contributed by atoms with Crippen molar-refractivity contribution in [2.24, 2.45) is 0 Å². The molecule has 3 aromatic heterocycles. The molecule has 0 aliphatic heterocycles. The molecule has 0 N–H and O–H groups in total. The van der Waals surface area contributed by atoms with Crippen LogP contribution in [0.3, 0.4) is 0 Å². The van der Waals surface area contributed by atoms with Crippen LogP contribution in [0, 0.1) is 6.92 Å². The van der Waals surface area contributed by atoms with Crippen molar-refractivity contribution >= 4 is 28.3 Å². The Morgan fingerprint density at radius 3 is 2.76 bits per heavy atom. The summed E-state index contributed by atoms with van der Waals surface area (Å²) in [5.41, 5.74) is 4.18. The maximum Gasteiger partial charge on any atom is 0.262 e. The van der Waals surface area contributed by atoms with E-state index < -0.39 is 0 Å². The summed E-state index contributed by atoms with van der Waals surface area (Å²) in [5, 5.41) is 1.30. The monoisotopic (exact) mass is 458 g/mol. The molecule has 6 nitrogen and oxygen atoms in total. The molecule has 0 amide bonds. The lowest BCUT2D eigenvalue weighted by atomic mass is 9.97. The first-order chi connectivity index (χ1) is 16.1. The average Bonchev–Trinajstić information content (AvgIpc) is 2.83. The molecule has 168 valence electrons. The van der Waals surface area contributed by atoms with Crippen LogP contribution >= 0.6 is 11.8 Å². The molecule has 4 aromatic rings. The summed E-state index contributed by atoms with van der Waals surface area (Å²) in [6.07, 6.45) is 7.90. The molecule has 1 aromatic carbocycles. The van der Waals surface area contributed by atoms with E-state index >= 15 is 0 Å². The Morgan fingerprint density at radius 2 is 1.91 bits per heavy atom. The van der Waals surface area contributed by atoms with Gasteiger partial charge in [0.25, 0.3) is 11.1 Å². The number of allylic oxidation sites excluding steroid dienone is 2. The van der Waals surface area contributed by atoms with E-state index in [1.54, 1.807) is 15.0 Å². The van der Waals surface area contributed by atoms with Crippen LogP contribution < -0.4 is 11.1 Å². The van der Waals surface area contributed by atoms with Gasteiger partial charge in [-0.1, -0.05) is 41.6 Å². The molecule has 0 bridgehead atoms. The van der Waals surface area contributed by atoms with Crippen molar-refractivity contribution in [2.45, 2.75) is 56.5 Å². The van der Waals surface area contributed by atoms with Gasteiger partial charge in [-0.3, -0.25) is 18.6 Å². The van der Waals surface area contributed by atoms with E-state index in [-0.39, 0.29) is 11.1 Å². The zero-order valence-electron chi connectivity index (χ0n) is 18.7. The second kappa shape index (κ2) is 9.35. The van der Waals surface area contributed by atoms with Crippen molar-refractivity contribution < 1.29 is 0 Å². The first kappa shape index (κ1) is 21.6. The van der Waals surface area contributed by atoms with Gasteiger partial charge in [-0.25, -0.2) is 9.97 Å². The van der Waals surface area contributed by atoms with Gasteiger partial charge >= 0.3 is 0 Å². The van der Waals surface area contributed by atoms with Gasteiger partial charge in [-0.15, -0.1) is 0 Å². The molecule has 5 rings (SSSR count). The van der Waals surface area contributed by atoms with Crippen molar-refractivity contribution in [2.75, 3.05) is 0 Å². The number of thioether (sulfide) groups is 1. The molecule has 0 spiro atoms. The van der Waals surface area contributed by atoms with Crippen molar-refractivity contribution in [3.05, 3.63) is 92.3 Å². The third kappa shape index (κ3) is 4.50. The van der Waals surface area contributed by atoms with E-state index in [0.29, 0.717) is 39.7 Å². The zero-order chi connectivity index (χ0) is 22.8. The van der Waals surface area contributed by atoms with Crippen LogP contribution in [0.25, 0.3) is 16.6 Å². The number of nitrogens with zero attached hydrogens (tertiary/aromatic N) is 4. The lowest BCUT2D eigenvalue weighted by molar-refractivity contribution is 0.569. The minimum atomic E-state index is -0.0956. The number of aromatic nitrogens is 4. The predicted molar refractivity (Wildman–Crippen MR) is 133 cm³/mol. The van der Waals surface area contributed by atoms with E-state index in [4.69, 9.17) is 4.98 Å². The molecule has 33 heavy (non-hydrogen) atoms. The summed E-state index contributed by atoms with van der Waals surface area (Å²) in [4.78, 5) is 35.4. The van der Waals surface area contributed by atoms with Gasteiger partial charge < -0.3 is 0 Å². The third-order valence-electron chi connectivity index (χ3n) is 6.15. The van der Waals surface area contributed by atoms with Gasteiger partial charge in [-0.2, -0.15) is 0 Å². The summed E-state index contributed by atoms with van der Waals surface area (Å²) in [7, 11) is 0. The normalized spacial score (nSPS) is 14.0. The fourth-order valence-electron chi connectivity index (χ4n) is 4.42. The van der Waals surface area contributed by atoms with Crippen molar-refractivity contribution in [3.63, 3.8) is 0 Å². The molecular formula is C26H26N4O2S. The lowest BCUT2D eigenvalue weighted by Crippen LogP contribution is -2.24. The molecule has 1 aliphatic rings. The molecule has 0 saturated heterocycles. The molecule has 0 radical (unpaired) electrons. The van der Waals surface area contributed by atoms with Gasteiger partial charge in [0, 0.05) is 24.1 Å². The van der Waals surface area contributed by atoms with Crippen molar-refractivity contribution in [1.82, 2.24) is 18.9 Å². The first-order valence-electron chi connectivity index (χ1n) is 11.4. The molecule has 0 unspecified atom stereocenters. The first-order valence-corrected chi connectivity index (χ1v) is 12.4. The lowest BCUT2D eigenvalue weighted by Gasteiger charge is -2.16. The van der Waals surface area contributed by atoms with Crippen molar-refractivity contribution in [3.8, 4) is 0 Å². The van der Waals surface area contributed by atoms with Gasteiger partial charge in [0.15, 0.2) is 5.16 Å². The Hall–Kier alpha value is -3.19. The van der Waals surface area contributed by atoms with Crippen LogP contribution in [0.1, 0.15) is 43.5 Å². The van der Waals surface area contributed by atoms with E-state index in [1.807, 2.05) is 49.4 Å². The fraction of sp³-hybridized carbons (Fsp3) is 0.308. The highest BCUT2D eigenvalue weighted by Gasteiger charge is 2.14. The van der Waals surface area contributed by atoms with E-state index in [0.717, 1.165) is 25.0 Å². The summed E-state index contributed by atoms with van der Waals surface area (Å²) in [5.74, 6) is 0.465. The largest absolute Gasteiger partial charge is 0.287 e. The van der Waals surface area contributed by atoms with Gasteiger partial charge in [0.05, 0.1) is 16.6 Å². The number of benzene rings is 1. The molecule has 7 heteroatoms. The number of pyridine rings is 1. The summed E-state index contributed by atoms with van der Waals surface area (Å²) < 4.78 is 3.40. The van der Waals surface area contributed by atoms with Gasteiger partial charge in [-0.05, 0) is 63.3 Å². The number of hydrogen-bond donors (Lipinski definition) is 0. The Bertz CT molecular complexity index is 1490. The van der Waals surface area contributed by atoms with Crippen LogP contribution in [0.15, 0.2) is 74.9 Å². The minimum Gasteiger partial charge on any atom is -0.287 e. The highest BCUT2D eigenvalue weighted by atomic mass is 32.2. The van der Waals surface area contributed by atoms with Gasteiger partial charge in [0.1, 0.15) is 5.65 Å². The topological polar surface area (TPSA) is 69.3 Å². The Labute approximate surface area is 196 Å². The van der Waals surface area contributed by atoms with E-state index in [2.05, 4.69) is 11.1 Å². The molecule has 0 atom stereocenters. The van der Waals surface area contributed by atoms with Gasteiger partial charge in [0.2, 0.25) is 0 Å². The number of aryl methyl sites for hydroxylation is 1. The average molecular weight is 459 g/mol. The summed E-state index contributed by atoms with van der Waals surface area (Å²) >= 11 is 1.46. The SMILES string of the molecule is Cc1cccc2nc(CSc3nc4ccccc4c(=O)n3CCC3=CCCCC3)cc(=O)n12. The quantitative estimate of drug-likeness (QED) is 0.234. The zero-order valence-corrected chi connectivity index (χ0v) is 19.5. The maximum atomic E-state index is 13.3. The maximum absolute atomic E-state index is 13.3. The second-order valence-electron chi connectivity index (χ2n) is 8.46. The highest BCUT2D eigenvalue weighted by Crippen LogP contribution is 2.24. The Morgan fingerprint density at radius 1 is 1.03 bits per heavy atom. The molecule has 1 aliphatic carbocycles. The fourth-order valence-corrected chi connectivity index (χ4v) is 5.34. The standard InChI is InChI=1S/C26H26N4O2S/c1-18-8-7-13-23-27-20(16-24(31)30(18)23)17-33-26-28-22-12-6-5-11-21(22)25(32)29(26)15-14-19-9-3-2-4-10-19/h5-9,11-13,16H,2-4,10,14-15,17H2,1H3. The Balaban J connectivity index is 1.48. The van der Waals surface area contributed by atoms with Crippen LogP contribution in [0.5, 0.6) is 0 Å². The van der Waals surface area contributed by atoms with E-state index in [9.17, 15) is 9.59 Å². The van der Waals surface area contributed by atoms with Crippen LogP contribution in [-0.4, -0.2) is 18.9 Å². The number of hydrogen-bond acceptors (Lipinski definition) is 5. The number of rotatable bonds is 6. The summed E-state index contributed by atoms with van der Waals surface area (Å²) in [6, 6.07) is 14.7. The number of para-hydroxylation sites is 1. The number of fused-ring (bicyclic) bond motifs is 2. The second-order valence-corrected chi connectivity index (χ2v) is 9.40. The molecule has 3 heterocycles. The molecule has 0 saturated carbocycles. The predicted octanol–water partition coefficient (Wildman–Crippen LogP) is 4.90. The third-order valence-corrected chi connectivity index (χ3v) is 7.16. The van der Waals surface area contributed by atoms with Crippen molar-refractivity contribution in [1.29, 1.82) is 0 Å². The van der Waals surface area contributed by atoms with E-state index in [1.165, 1.54) is 30.2 Å². The Kier molecular flexibility index (Phi) is 6.13.